The standard InChI is InChI=1S/C12H27NO2S/c1-4-7-9-12-16(14,15)13(10-6-3)11-8-5-2/h4-12H2,1-3H3. The molecule has 0 spiro atoms. The maximum atomic E-state index is 12.0. The molecule has 0 bridgehead atoms. The minimum atomic E-state index is -3.00. The van der Waals surface area contributed by atoms with E-state index in [0.29, 0.717) is 18.8 Å². The van der Waals surface area contributed by atoms with Crippen molar-refractivity contribution in [2.45, 2.75) is 59.3 Å². The molecule has 0 aliphatic carbocycles. The van der Waals surface area contributed by atoms with E-state index in [1.54, 1.807) is 4.31 Å². The Balaban J connectivity index is 4.25. The lowest BCUT2D eigenvalue weighted by Crippen LogP contribution is -2.34. The first kappa shape index (κ1) is 15.9. The average Bonchev–Trinajstić information content (AvgIpc) is 2.24. The first-order valence-corrected chi connectivity index (χ1v) is 8.17. The Labute approximate surface area is 101 Å². The third-order valence-electron chi connectivity index (χ3n) is 2.63. The van der Waals surface area contributed by atoms with Crippen molar-refractivity contribution in [3.8, 4) is 0 Å². The molecular formula is C12H27NO2S. The molecule has 16 heavy (non-hydrogen) atoms. The van der Waals surface area contributed by atoms with Gasteiger partial charge in [0.25, 0.3) is 0 Å². The van der Waals surface area contributed by atoms with Gasteiger partial charge in [0.2, 0.25) is 10.0 Å². The van der Waals surface area contributed by atoms with Crippen molar-refractivity contribution < 1.29 is 8.42 Å². The second-order valence-corrected chi connectivity index (χ2v) is 6.36. The highest BCUT2D eigenvalue weighted by atomic mass is 32.2. The van der Waals surface area contributed by atoms with Crippen LogP contribution in [0.5, 0.6) is 0 Å². The van der Waals surface area contributed by atoms with Crippen LogP contribution in [0.1, 0.15) is 59.3 Å². The quantitative estimate of drug-likeness (QED) is 0.558. The monoisotopic (exact) mass is 249 g/mol. The summed E-state index contributed by atoms with van der Waals surface area (Å²) in [7, 11) is -3.00. The van der Waals surface area contributed by atoms with Crippen molar-refractivity contribution in [2.75, 3.05) is 18.8 Å². The normalized spacial score (nSPS) is 12.2. The van der Waals surface area contributed by atoms with Gasteiger partial charge in [-0.05, 0) is 19.3 Å². The lowest BCUT2D eigenvalue weighted by atomic mass is 10.3. The molecule has 0 aliphatic rings. The van der Waals surface area contributed by atoms with E-state index in [9.17, 15) is 8.42 Å². The van der Waals surface area contributed by atoms with Crippen molar-refractivity contribution in [1.82, 2.24) is 4.31 Å². The summed E-state index contributed by atoms with van der Waals surface area (Å²) in [5.41, 5.74) is 0. The summed E-state index contributed by atoms with van der Waals surface area (Å²) in [5, 5.41) is 0. The fourth-order valence-electron chi connectivity index (χ4n) is 1.64. The van der Waals surface area contributed by atoms with Gasteiger partial charge in [0, 0.05) is 13.1 Å². The summed E-state index contributed by atoms with van der Waals surface area (Å²) in [4.78, 5) is 0. The van der Waals surface area contributed by atoms with Gasteiger partial charge in [-0.15, -0.1) is 0 Å². The highest BCUT2D eigenvalue weighted by molar-refractivity contribution is 7.89. The van der Waals surface area contributed by atoms with Crippen LogP contribution in [0.4, 0.5) is 0 Å². The summed E-state index contributed by atoms with van der Waals surface area (Å²) < 4.78 is 25.7. The summed E-state index contributed by atoms with van der Waals surface area (Å²) in [6, 6.07) is 0. The number of rotatable bonds is 10. The minimum absolute atomic E-state index is 0.324. The summed E-state index contributed by atoms with van der Waals surface area (Å²) >= 11 is 0. The largest absolute Gasteiger partial charge is 0.214 e. The number of hydrogen-bond acceptors (Lipinski definition) is 2. The molecule has 0 saturated heterocycles. The topological polar surface area (TPSA) is 37.4 Å². The van der Waals surface area contributed by atoms with Crippen LogP contribution in [0, 0.1) is 0 Å². The van der Waals surface area contributed by atoms with Crippen molar-refractivity contribution in [3.05, 3.63) is 0 Å². The number of sulfonamides is 1. The van der Waals surface area contributed by atoms with Crippen LogP contribution in [0.3, 0.4) is 0 Å². The van der Waals surface area contributed by atoms with Gasteiger partial charge in [-0.3, -0.25) is 0 Å². The lowest BCUT2D eigenvalue weighted by molar-refractivity contribution is 0.401. The lowest BCUT2D eigenvalue weighted by Gasteiger charge is -2.21. The van der Waals surface area contributed by atoms with E-state index < -0.39 is 10.0 Å². The second kappa shape index (κ2) is 8.99. The molecule has 0 aromatic rings. The molecule has 0 atom stereocenters. The zero-order valence-electron chi connectivity index (χ0n) is 11.0. The smallest absolute Gasteiger partial charge is 0.212 e. The van der Waals surface area contributed by atoms with Gasteiger partial charge >= 0.3 is 0 Å². The van der Waals surface area contributed by atoms with Crippen LogP contribution >= 0.6 is 0 Å². The highest BCUT2D eigenvalue weighted by Gasteiger charge is 2.19. The summed E-state index contributed by atoms with van der Waals surface area (Å²) in [6.45, 7) is 7.58. The molecule has 0 heterocycles. The molecule has 0 saturated carbocycles. The van der Waals surface area contributed by atoms with Gasteiger partial charge in [-0.25, -0.2) is 12.7 Å². The van der Waals surface area contributed by atoms with E-state index in [1.165, 1.54) is 0 Å². The third-order valence-corrected chi connectivity index (χ3v) is 4.59. The van der Waals surface area contributed by atoms with Gasteiger partial charge < -0.3 is 0 Å². The Bertz CT molecular complexity index is 250. The zero-order chi connectivity index (χ0) is 12.4. The predicted molar refractivity (Wildman–Crippen MR) is 70.1 cm³/mol. The summed E-state index contributed by atoms with van der Waals surface area (Å²) in [5.74, 6) is 0.324. The van der Waals surface area contributed by atoms with Crippen LogP contribution in [0.2, 0.25) is 0 Å². The predicted octanol–water partition coefficient (Wildman–Crippen LogP) is 3.02. The van der Waals surface area contributed by atoms with Crippen LogP contribution in [-0.2, 0) is 10.0 Å². The van der Waals surface area contributed by atoms with Gasteiger partial charge in [-0.1, -0.05) is 40.0 Å². The number of nitrogens with zero attached hydrogens (tertiary/aromatic N) is 1. The Hall–Kier alpha value is -0.0900. The van der Waals surface area contributed by atoms with Gasteiger partial charge in [0.15, 0.2) is 0 Å². The first-order valence-electron chi connectivity index (χ1n) is 6.56. The Morgan fingerprint density at radius 3 is 1.94 bits per heavy atom. The fraction of sp³-hybridized carbons (Fsp3) is 1.00. The number of hydrogen-bond donors (Lipinski definition) is 0. The average molecular weight is 249 g/mol. The maximum Gasteiger partial charge on any atom is 0.214 e. The first-order chi connectivity index (χ1) is 7.58. The molecule has 0 amide bonds. The molecule has 0 aromatic heterocycles. The van der Waals surface area contributed by atoms with E-state index in [4.69, 9.17) is 0 Å². The molecule has 0 rings (SSSR count). The van der Waals surface area contributed by atoms with Crippen LogP contribution in [-0.4, -0.2) is 31.6 Å². The third kappa shape index (κ3) is 6.48. The molecule has 0 N–H and O–H groups in total. The SMILES string of the molecule is CCCCCS(=O)(=O)N(CCC)CCCC. The van der Waals surface area contributed by atoms with Crippen molar-refractivity contribution in [1.29, 1.82) is 0 Å². The van der Waals surface area contributed by atoms with Gasteiger partial charge in [-0.2, -0.15) is 0 Å². The molecule has 4 heteroatoms. The van der Waals surface area contributed by atoms with Crippen molar-refractivity contribution in [2.24, 2.45) is 0 Å². The fourth-order valence-corrected chi connectivity index (χ4v) is 3.33. The second-order valence-electron chi connectivity index (χ2n) is 4.28. The molecule has 0 fully saturated rings. The number of unbranched alkanes of at least 4 members (excludes halogenated alkanes) is 3. The zero-order valence-corrected chi connectivity index (χ0v) is 11.9. The van der Waals surface area contributed by atoms with Crippen LogP contribution in [0.15, 0.2) is 0 Å². The summed E-state index contributed by atoms with van der Waals surface area (Å²) in [6.07, 6.45) is 5.78. The Morgan fingerprint density at radius 2 is 1.44 bits per heavy atom. The van der Waals surface area contributed by atoms with Crippen LogP contribution in [0.25, 0.3) is 0 Å². The molecule has 3 nitrogen and oxygen atoms in total. The highest BCUT2D eigenvalue weighted by Crippen LogP contribution is 2.08. The molecule has 0 aliphatic heterocycles. The van der Waals surface area contributed by atoms with Crippen LogP contribution < -0.4 is 0 Å². The Morgan fingerprint density at radius 1 is 0.812 bits per heavy atom. The van der Waals surface area contributed by atoms with Crippen molar-refractivity contribution in [3.63, 3.8) is 0 Å². The van der Waals surface area contributed by atoms with Gasteiger partial charge in [0.1, 0.15) is 0 Å². The molecule has 0 unspecified atom stereocenters. The van der Waals surface area contributed by atoms with E-state index in [1.807, 2.05) is 6.92 Å². The molecular weight excluding hydrogens is 222 g/mol. The molecule has 0 aromatic carbocycles. The van der Waals surface area contributed by atoms with Gasteiger partial charge in [0.05, 0.1) is 5.75 Å². The maximum absolute atomic E-state index is 12.0. The Kier molecular flexibility index (Phi) is 8.94. The minimum Gasteiger partial charge on any atom is -0.212 e. The van der Waals surface area contributed by atoms with E-state index in [2.05, 4.69) is 13.8 Å². The molecule has 0 radical (unpaired) electrons. The van der Waals surface area contributed by atoms with Crippen molar-refractivity contribution >= 4 is 10.0 Å². The molecule has 98 valence electrons. The van der Waals surface area contributed by atoms with E-state index >= 15 is 0 Å². The van der Waals surface area contributed by atoms with E-state index in [-0.39, 0.29) is 0 Å². The van der Waals surface area contributed by atoms with E-state index in [0.717, 1.165) is 38.5 Å².